The van der Waals surface area contributed by atoms with Crippen molar-refractivity contribution in [3.8, 4) is 0 Å². The predicted molar refractivity (Wildman–Crippen MR) is 93.8 cm³/mol. The Morgan fingerprint density at radius 1 is 1.26 bits per heavy atom. The third-order valence-electron chi connectivity index (χ3n) is 5.10. The molecule has 0 aromatic heterocycles. The van der Waals surface area contributed by atoms with Crippen molar-refractivity contribution >= 4 is 7.52 Å². The van der Waals surface area contributed by atoms with Crippen LogP contribution in [0.25, 0.3) is 0 Å². The molecule has 0 aliphatic carbocycles. The van der Waals surface area contributed by atoms with Gasteiger partial charge >= 0.3 is 0 Å². The molecular formula is C16H36N2O4P+. The smallest absolute Gasteiger partial charge is 0.269 e. The van der Waals surface area contributed by atoms with Gasteiger partial charge in [-0.15, -0.1) is 0 Å². The van der Waals surface area contributed by atoms with E-state index in [0.717, 1.165) is 37.2 Å². The quantitative estimate of drug-likeness (QED) is 0.447. The second-order valence-electron chi connectivity index (χ2n) is 6.94. The Morgan fingerprint density at radius 3 is 2.26 bits per heavy atom. The van der Waals surface area contributed by atoms with E-state index in [1.807, 2.05) is 25.6 Å². The number of hydrogen-bond donors (Lipinski definition) is 0. The summed E-state index contributed by atoms with van der Waals surface area (Å²) in [6.45, 7) is 17.9. The fraction of sp³-hybridized carbons (Fsp3) is 1.00. The number of rotatable bonds is 10. The van der Waals surface area contributed by atoms with Crippen LogP contribution < -0.4 is 0 Å². The molecule has 0 radical (unpaired) electrons. The Balaban J connectivity index is 2.47. The van der Waals surface area contributed by atoms with Gasteiger partial charge in [-0.3, -0.25) is 4.57 Å². The minimum absolute atomic E-state index is 0.150. The minimum Gasteiger partial charge on any atom is -0.348 e. The fourth-order valence-electron chi connectivity index (χ4n) is 2.85. The van der Waals surface area contributed by atoms with Gasteiger partial charge in [0.15, 0.2) is 5.79 Å². The van der Waals surface area contributed by atoms with Crippen LogP contribution in [0.5, 0.6) is 0 Å². The Bertz CT molecular complexity index is 405. The van der Waals surface area contributed by atoms with Crippen LogP contribution in [0.2, 0.25) is 0 Å². The van der Waals surface area contributed by atoms with Gasteiger partial charge in [-0.05, 0) is 41.7 Å². The normalized spacial score (nSPS) is 24.1. The summed E-state index contributed by atoms with van der Waals surface area (Å²) in [5, 5.41) is 0. The zero-order valence-corrected chi connectivity index (χ0v) is 16.9. The third kappa shape index (κ3) is 6.11. The molecular weight excluding hydrogens is 315 g/mol. The zero-order valence-electron chi connectivity index (χ0n) is 16.0. The fourth-order valence-corrected chi connectivity index (χ4v) is 3.94. The van der Waals surface area contributed by atoms with Crippen molar-refractivity contribution in [3.05, 3.63) is 0 Å². The second kappa shape index (κ2) is 8.41. The molecule has 1 saturated heterocycles. The zero-order chi connectivity index (χ0) is 17.7. The van der Waals surface area contributed by atoms with Gasteiger partial charge in [-0.25, -0.2) is 4.67 Å². The maximum absolute atomic E-state index is 12.8. The standard InChI is InChI=1S/C16H36N2O4P/c1-8-18(9-2,10-3)12-11-17(6)23(7,19)21-14-15-13-20-16(4,5)22-15/h15H,8-14H2,1-7H3/q+1. The molecule has 1 aliphatic heterocycles. The van der Waals surface area contributed by atoms with Crippen LogP contribution in [-0.4, -0.2) is 80.7 Å². The molecule has 1 rings (SSSR count). The van der Waals surface area contributed by atoms with E-state index in [-0.39, 0.29) is 6.10 Å². The van der Waals surface area contributed by atoms with Gasteiger partial charge in [0.25, 0.3) is 7.52 Å². The van der Waals surface area contributed by atoms with Crippen LogP contribution in [0.3, 0.4) is 0 Å². The highest BCUT2D eigenvalue weighted by Crippen LogP contribution is 2.46. The predicted octanol–water partition coefficient (Wildman–Crippen LogP) is 2.79. The molecule has 0 aromatic rings. The highest BCUT2D eigenvalue weighted by molar-refractivity contribution is 7.55. The van der Waals surface area contributed by atoms with Gasteiger partial charge < -0.3 is 18.5 Å². The molecule has 1 heterocycles. The average molecular weight is 351 g/mol. The van der Waals surface area contributed by atoms with Crippen molar-refractivity contribution in [2.45, 2.75) is 46.5 Å². The minimum atomic E-state index is -2.81. The summed E-state index contributed by atoms with van der Waals surface area (Å²) in [5.74, 6) is -0.571. The number of hydrogen-bond acceptors (Lipinski definition) is 4. The van der Waals surface area contributed by atoms with Crippen LogP contribution in [0, 0.1) is 0 Å². The summed E-state index contributed by atoms with van der Waals surface area (Å²) in [4.78, 5) is 0. The maximum atomic E-state index is 12.8. The van der Waals surface area contributed by atoms with Crippen molar-refractivity contribution in [1.82, 2.24) is 4.67 Å². The molecule has 0 amide bonds. The van der Waals surface area contributed by atoms with E-state index in [4.69, 9.17) is 14.0 Å². The highest BCUT2D eigenvalue weighted by atomic mass is 31.2. The van der Waals surface area contributed by atoms with Crippen LogP contribution in [0.15, 0.2) is 0 Å². The maximum Gasteiger partial charge on any atom is 0.269 e. The second-order valence-corrected chi connectivity index (χ2v) is 9.49. The number of quaternary nitrogens is 1. The average Bonchev–Trinajstić information content (AvgIpc) is 2.86. The Kier molecular flexibility index (Phi) is 7.71. The van der Waals surface area contributed by atoms with Crippen molar-refractivity contribution in [3.63, 3.8) is 0 Å². The lowest BCUT2D eigenvalue weighted by molar-refractivity contribution is -0.922. The Labute approximate surface area is 142 Å². The van der Waals surface area contributed by atoms with Crippen LogP contribution >= 0.6 is 7.52 Å². The molecule has 1 aliphatic rings. The lowest BCUT2D eigenvalue weighted by Gasteiger charge is -2.37. The molecule has 23 heavy (non-hydrogen) atoms. The molecule has 0 N–H and O–H groups in total. The van der Waals surface area contributed by atoms with E-state index in [2.05, 4.69) is 20.8 Å². The number of nitrogens with zero attached hydrogens (tertiary/aromatic N) is 2. The summed E-state index contributed by atoms with van der Waals surface area (Å²) in [6.07, 6.45) is -0.150. The number of ether oxygens (including phenoxy) is 2. The summed E-state index contributed by atoms with van der Waals surface area (Å²) in [7, 11) is -0.926. The molecule has 2 atom stereocenters. The first-order valence-corrected chi connectivity index (χ1v) is 10.7. The summed E-state index contributed by atoms with van der Waals surface area (Å²) in [6, 6.07) is 0. The van der Waals surface area contributed by atoms with Gasteiger partial charge in [-0.1, -0.05) is 0 Å². The van der Waals surface area contributed by atoms with Gasteiger partial charge in [0.05, 0.1) is 45.9 Å². The van der Waals surface area contributed by atoms with Gasteiger partial charge in [-0.2, -0.15) is 0 Å². The Hall–Kier alpha value is 0.0300. The van der Waals surface area contributed by atoms with E-state index in [0.29, 0.717) is 13.2 Å². The molecule has 0 spiro atoms. The van der Waals surface area contributed by atoms with E-state index in [1.54, 1.807) is 6.66 Å². The molecule has 6 nitrogen and oxygen atoms in total. The first-order chi connectivity index (χ1) is 10.6. The molecule has 0 saturated carbocycles. The first-order valence-electron chi connectivity index (χ1n) is 8.70. The van der Waals surface area contributed by atoms with E-state index in [1.165, 1.54) is 0 Å². The SMILES string of the molecule is CC[N+](CC)(CC)CCN(C)P(C)(=O)OCC1COC(C)(C)O1. The Morgan fingerprint density at radius 2 is 1.83 bits per heavy atom. The molecule has 0 bridgehead atoms. The highest BCUT2D eigenvalue weighted by Gasteiger charge is 2.35. The van der Waals surface area contributed by atoms with Crippen LogP contribution in [0.1, 0.15) is 34.6 Å². The van der Waals surface area contributed by atoms with Gasteiger partial charge in [0.1, 0.15) is 6.10 Å². The summed E-state index contributed by atoms with van der Waals surface area (Å²) < 4.78 is 32.6. The molecule has 138 valence electrons. The number of likely N-dealkylation sites (N-methyl/N-ethyl adjacent to an activating group) is 2. The van der Waals surface area contributed by atoms with Crippen molar-refractivity contribution < 1.29 is 23.0 Å². The molecule has 2 unspecified atom stereocenters. The topological polar surface area (TPSA) is 48.0 Å². The summed E-state index contributed by atoms with van der Waals surface area (Å²) >= 11 is 0. The molecule has 7 heteroatoms. The largest absolute Gasteiger partial charge is 0.348 e. The van der Waals surface area contributed by atoms with Crippen molar-refractivity contribution in [1.29, 1.82) is 0 Å². The van der Waals surface area contributed by atoms with E-state index < -0.39 is 13.3 Å². The van der Waals surface area contributed by atoms with E-state index in [9.17, 15) is 4.57 Å². The monoisotopic (exact) mass is 351 g/mol. The van der Waals surface area contributed by atoms with Crippen LogP contribution in [0.4, 0.5) is 0 Å². The van der Waals surface area contributed by atoms with Crippen LogP contribution in [-0.2, 0) is 18.6 Å². The van der Waals surface area contributed by atoms with Crippen molar-refractivity contribution in [2.24, 2.45) is 0 Å². The lowest BCUT2D eigenvalue weighted by Crippen LogP contribution is -2.50. The van der Waals surface area contributed by atoms with Crippen molar-refractivity contribution in [2.75, 3.05) is 59.7 Å². The lowest BCUT2D eigenvalue weighted by atomic mass is 10.3. The molecule has 0 aromatic carbocycles. The summed E-state index contributed by atoms with van der Waals surface area (Å²) in [5.41, 5.74) is 0. The molecule has 1 fully saturated rings. The first kappa shape index (κ1) is 21.1. The van der Waals surface area contributed by atoms with E-state index >= 15 is 0 Å². The third-order valence-corrected chi connectivity index (χ3v) is 7.17. The van der Waals surface area contributed by atoms with Gasteiger partial charge in [0, 0.05) is 6.66 Å². The van der Waals surface area contributed by atoms with Gasteiger partial charge in [0.2, 0.25) is 0 Å².